The topological polar surface area (TPSA) is 104 Å². The summed E-state index contributed by atoms with van der Waals surface area (Å²) in [6.45, 7) is 0.742. The first-order valence-electron chi connectivity index (χ1n) is 8.93. The smallest absolute Gasteiger partial charge is 0.350 e. The van der Waals surface area contributed by atoms with E-state index in [1.165, 1.54) is 9.08 Å². The summed E-state index contributed by atoms with van der Waals surface area (Å²) in [5, 5.41) is 7.20. The molecule has 1 aliphatic heterocycles. The zero-order chi connectivity index (χ0) is 18.8. The molecule has 1 aromatic carbocycles. The molecule has 0 aliphatic carbocycles. The molecule has 0 unspecified atom stereocenters. The number of fused-ring (bicyclic) bond motifs is 1. The molecule has 2 aromatic heterocycles. The van der Waals surface area contributed by atoms with E-state index in [1.807, 2.05) is 30.3 Å². The van der Waals surface area contributed by atoms with Gasteiger partial charge in [0.15, 0.2) is 5.65 Å². The number of hydrogen-bond acceptors (Lipinski definition) is 5. The highest BCUT2D eigenvalue weighted by Gasteiger charge is 2.29. The number of rotatable bonds is 5. The SMILES string of the molecule is NC[C@H]1CC[C@@H](C(=O)Nc2cccc(Cn3nc4ccccn4c3=O)c2)O1. The lowest BCUT2D eigenvalue weighted by atomic mass is 10.1. The van der Waals surface area contributed by atoms with Crippen LogP contribution in [0.2, 0.25) is 0 Å². The van der Waals surface area contributed by atoms with Crippen molar-refractivity contribution in [1.82, 2.24) is 14.2 Å². The van der Waals surface area contributed by atoms with Gasteiger partial charge in [-0.3, -0.25) is 9.20 Å². The number of carbonyl (C=O) groups is 1. The van der Waals surface area contributed by atoms with Gasteiger partial charge >= 0.3 is 5.69 Å². The van der Waals surface area contributed by atoms with Gasteiger partial charge in [0, 0.05) is 18.4 Å². The lowest BCUT2D eigenvalue weighted by molar-refractivity contribution is -0.126. The van der Waals surface area contributed by atoms with Gasteiger partial charge in [-0.05, 0) is 42.7 Å². The van der Waals surface area contributed by atoms with Crippen LogP contribution in [0.3, 0.4) is 0 Å². The summed E-state index contributed by atoms with van der Waals surface area (Å²) in [7, 11) is 0. The van der Waals surface area contributed by atoms with Crippen molar-refractivity contribution in [2.75, 3.05) is 11.9 Å². The molecule has 3 aromatic rings. The number of anilines is 1. The van der Waals surface area contributed by atoms with Crippen molar-refractivity contribution in [3.8, 4) is 0 Å². The fourth-order valence-corrected chi connectivity index (χ4v) is 3.29. The molecule has 27 heavy (non-hydrogen) atoms. The summed E-state index contributed by atoms with van der Waals surface area (Å²) in [6.07, 6.45) is 2.64. The minimum absolute atomic E-state index is 0.0472. The van der Waals surface area contributed by atoms with E-state index in [1.54, 1.807) is 18.3 Å². The number of nitrogens with two attached hydrogens (primary N) is 1. The number of benzene rings is 1. The quantitative estimate of drug-likeness (QED) is 0.700. The van der Waals surface area contributed by atoms with Crippen LogP contribution in [-0.2, 0) is 16.1 Å². The average molecular weight is 367 g/mol. The van der Waals surface area contributed by atoms with Crippen LogP contribution in [0.5, 0.6) is 0 Å². The zero-order valence-electron chi connectivity index (χ0n) is 14.7. The summed E-state index contributed by atoms with van der Waals surface area (Å²) >= 11 is 0. The summed E-state index contributed by atoms with van der Waals surface area (Å²) in [5.74, 6) is -0.173. The van der Waals surface area contributed by atoms with Gasteiger partial charge < -0.3 is 15.8 Å². The van der Waals surface area contributed by atoms with Crippen molar-refractivity contribution in [2.24, 2.45) is 5.73 Å². The molecule has 1 saturated heterocycles. The largest absolute Gasteiger partial charge is 0.364 e. The van der Waals surface area contributed by atoms with E-state index in [4.69, 9.17) is 10.5 Å². The second-order valence-electron chi connectivity index (χ2n) is 6.62. The standard InChI is InChI=1S/C19H21N5O3/c20-11-15-7-8-16(27-15)18(25)21-14-5-3-4-13(10-14)12-24-19(26)23-9-2-1-6-17(23)22-24/h1-6,9-10,15-16H,7-8,11-12,20H2,(H,21,25)/t15-,16+/m1/s1. The predicted molar refractivity (Wildman–Crippen MR) is 101 cm³/mol. The van der Waals surface area contributed by atoms with Crippen LogP contribution in [0.15, 0.2) is 53.5 Å². The number of nitrogens with one attached hydrogen (secondary N) is 1. The molecular weight excluding hydrogens is 346 g/mol. The summed E-state index contributed by atoms with van der Waals surface area (Å²) in [6, 6.07) is 12.8. The van der Waals surface area contributed by atoms with Crippen LogP contribution < -0.4 is 16.7 Å². The second kappa shape index (κ2) is 7.34. The zero-order valence-corrected chi connectivity index (χ0v) is 14.7. The van der Waals surface area contributed by atoms with Crippen molar-refractivity contribution in [1.29, 1.82) is 0 Å². The van der Waals surface area contributed by atoms with E-state index in [0.717, 1.165) is 12.0 Å². The molecule has 1 fully saturated rings. The van der Waals surface area contributed by atoms with Crippen LogP contribution in [0, 0.1) is 0 Å². The number of pyridine rings is 1. The van der Waals surface area contributed by atoms with Crippen molar-refractivity contribution >= 4 is 17.2 Å². The normalized spacial score (nSPS) is 19.4. The number of hydrogen-bond donors (Lipinski definition) is 2. The molecule has 3 heterocycles. The molecule has 1 aliphatic rings. The molecule has 3 N–H and O–H groups in total. The summed E-state index contributed by atoms with van der Waals surface area (Å²) in [5.41, 5.74) is 7.51. The highest BCUT2D eigenvalue weighted by Crippen LogP contribution is 2.21. The van der Waals surface area contributed by atoms with E-state index in [2.05, 4.69) is 10.4 Å². The van der Waals surface area contributed by atoms with Gasteiger partial charge in [0.25, 0.3) is 5.91 Å². The Hall–Kier alpha value is -2.97. The van der Waals surface area contributed by atoms with Crippen molar-refractivity contribution in [3.05, 3.63) is 64.7 Å². The fraction of sp³-hybridized carbons (Fsp3) is 0.316. The second-order valence-corrected chi connectivity index (χ2v) is 6.62. The van der Waals surface area contributed by atoms with Gasteiger partial charge in [0.1, 0.15) is 6.10 Å². The van der Waals surface area contributed by atoms with Gasteiger partial charge in [-0.15, -0.1) is 5.10 Å². The lowest BCUT2D eigenvalue weighted by Crippen LogP contribution is -2.29. The minimum atomic E-state index is -0.469. The Kier molecular flexibility index (Phi) is 4.74. The Morgan fingerprint density at radius 1 is 1.26 bits per heavy atom. The molecule has 8 heteroatoms. The maximum atomic E-state index is 12.4. The van der Waals surface area contributed by atoms with Crippen molar-refractivity contribution < 1.29 is 9.53 Å². The Morgan fingerprint density at radius 2 is 2.15 bits per heavy atom. The van der Waals surface area contributed by atoms with Gasteiger partial charge in [-0.25, -0.2) is 9.48 Å². The monoisotopic (exact) mass is 367 g/mol. The number of aromatic nitrogens is 3. The highest BCUT2D eigenvalue weighted by atomic mass is 16.5. The Labute approximate surface area is 155 Å². The van der Waals surface area contributed by atoms with Crippen molar-refractivity contribution in [2.45, 2.75) is 31.6 Å². The first-order chi connectivity index (χ1) is 13.1. The summed E-state index contributed by atoms with van der Waals surface area (Å²) in [4.78, 5) is 24.8. The van der Waals surface area contributed by atoms with Crippen LogP contribution in [0.25, 0.3) is 5.65 Å². The molecule has 2 atom stereocenters. The lowest BCUT2D eigenvalue weighted by Gasteiger charge is -2.13. The number of nitrogens with zero attached hydrogens (tertiary/aromatic N) is 3. The first kappa shape index (κ1) is 17.4. The summed E-state index contributed by atoms with van der Waals surface area (Å²) < 4.78 is 8.53. The highest BCUT2D eigenvalue weighted by molar-refractivity contribution is 5.94. The Balaban J connectivity index is 1.48. The first-order valence-corrected chi connectivity index (χ1v) is 8.93. The average Bonchev–Trinajstić information content (AvgIpc) is 3.28. The maximum absolute atomic E-state index is 12.4. The van der Waals surface area contributed by atoms with Gasteiger partial charge in [0.05, 0.1) is 12.6 Å². The van der Waals surface area contributed by atoms with E-state index in [9.17, 15) is 9.59 Å². The Bertz CT molecular complexity index is 1030. The van der Waals surface area contributed by atoms with Crippen LogP contribution >= 0.6 is 0 Å². The maximum Gasteiger partial charge on any atom is 0.350 e. The number of amides is 1. The fourth-order valence-electron chi connectivity index (χ4n) is 3.29. The van der Waals surface area contributed by atoms with Gasteiger partial charge in [-0.1, -0.05) is 18.2 Å². The Morgan fingerprint density at radius 3 is 2.93 bits per heavy atom. The van der Waals surface area contributed by atoms with Crippen LogP contribution in [-0.4, -0.2) is 38.8 Å². The molecule has 0 bridgehead atoms. The molecular formula is C19H21N5O3. The molecule has 140 valence electrons. The number of ether oxygens (including phenoxy) is 1. The number of carbonyl (C=O) groups excluding carboxylic acids is 1. The predicted octanol–water partition coefficient (Wildman–Crippen LogP) is 0.989. The van der Waals surface area contributed by atoms with E-state index < -0.39 is 6.10 Å². The molecule has 8 nitrogen and oxygen atoms in total. The van der Waals surface area contributed by atoms with E-state index in [-0.39, 0.29) is 17.7 Å². The van der Waals surface area contributed by atoms with E-state index >= 15 is 0 Å². The molecule has 0 radical (unpaired) electrons. The third kappa shape index (κ3) is 3.62. The van der Waals surface area contributed by atoms with Crippen LogP contribution in [0.1, 0.15) is 18.4 Å². The van der Waals surface area contributed by atoms with E-state index in [0.29, 0.717) is 30.8 Å². The van der Waals surface area contributed by atoms with Crippen molar-refractivity contribution in [3.63, 3.8) is 0 Å². The third-order valence-corrected chi connectivity index (χ3v) is 4.68. The van der Waals surface area contributed by atoms with Gasteiger partial charge in [-0.2, -0.15) is 0 Å². The molecule has 0 saturated carbocycles. The van der Waals surface area contributed by atoms with Gasteiger partial charge in [0.2, 0.25) is 0 Å². The third-order valence-electron chi connectivity index (χ3n) is 4.68. The molecule has 1 amide bonds. The molecule has 4 rings (SSSR count). The minimum Gasteiger partial charge on any atom is -0.364 e. The van der Waals surface area contributed by atoms with Crippen LogP contribution in [0.4, 0.5) is 5.69 Å². The molecule has 0 spiro atoms.